The van der Waals surface area contributed by atoms with Gasteiger partial charge >= 0.3 is 0 Å². The van der Waals surface area contributed by atoms with Gasteiger partial charge in [-0.3, -0.25) is 0 Å². The molecule has 0 spiro atoms. The molecule has 4 nitrogen and oxygen atoms in total. The van der Waals surface area contributed by atoms with Gasteiger partial charge in [-0.1, -0.05) is 30.3 Å². The Hall–Kier alpha value is -2.10. The van der Waals surface area contributed by atoms with E-state index in [-0.39, 0.29) is 0 Å². The minimum atomic E-state index is 0.326. The van der Waals surface area contributed by atoms with E-state index in [1.807, 2.05) is 31.1 Å². The highest BCUT2D eigenvalue weighted by atomic mass is 15.2. The minimum absolute atomic E-state index is 0.326. The average molecular weight is 256 g/mol. The molecule has 1 aromatic carbocycles. The van der Waals surface area contributed by atoms with Gasteiger partial charge in [0.2, 0.25) is 5.95 Å². The Morgan fingerprint density at radius 1 is 1.16 bits per heavy atom. The maximum atomic E-state index is 4.46. The molecule has 1 unspecified atom stereocenters. The van der Waals surface area contributed by atoms with E-state index in [2.05, 4.69) is 46.5 Å². The molecule has 0 aliphatic carbocycles. The predicted octanol–water partition coefficient (Wildman–Crippen LogP) is 2.59. The first-order valence-corrected chi connectivity index (χ1v) is 6.46. The van der Waals surface area contributed by atoms with E-state index >= 15 is 0 Å². The van der Waals surface area contributed by atoms with Gasteiger partial charge in [0.1, 0.15) is 5.82 Å². The van der Waals surface area contributed by atoms with Crippen LogP contribution in [0.4, 0.5) is 11.8 Å². The lowest BCUT2D eigenvalue weighted by Crippen LogP contribution is -2.20. The number of benzene rings is 1. The fourth-order valence-electron chi connectivity index (χ4n) is 1.92. The number of nitrogens with one attached hydrogen (secondary N) is 1. The van der Waals surface area contributed by atoms with E-state index in [1.54, 1.807) is 6.20 Å². The average Bonchev–Trinajstić information content (AvgIpc) is 2.40. The van der Waals surface area contributed by atoms with E-state index in [4.69, 9.17) is 0 Å². The van der Waals surface area contributed by atoms with Crippen molar-refractivity contribution in [2.45, 2.75) is 19.4 Å². The predicted molar refractivity (Wildman–Crippen MR) is 79.6 cm³/mol. The van der Waals surface area contributed by atoms with Crippen LogP contribution in [0.15, 0.2) is 42.6 Å². The fourth-order valence-corrected chi connectivity index (χ4v) is 1.92. The number of rotatable bonds is 5. The number of hydrogen-bond acceptors (Lipinski definition) is 4. The first kappa shape index (κ1) is 13.3. The summed E-state index contributed by atoms with van der Waals surface area (Å²) in [6, 6.07) is 12.7. The van der Waals surface area contributed by atoms with Crippen molar-refractivity contribution in [3.8, 4) is 0 Å². The highest BCUT2D eigenvalue weighted by Gasteiger charge is 2.06. The summed E-state index contributed by atoms with van der Waals surface area (Å²) in [7, 11) is 3.87. The fraction of sp³-hybridized carbons (Fsp3) is 0.333. The third kappa shape index (κ3) is 3.95. The standard InChI is InChI=1S/C15H20N4/c1-12(11-13-7-5-4-6-8-13)17-14-9-10-16-15(18-14)19(2)3/h4-10,12H,11H2,1-3H3,(H,16,17,18). The Morgan fingerprint density at radius 2 is 1.89 bits per heavy atom. The van der Waals surface area contributed by atoms with Gasteiger partial charge < -0.3 is 10.2 Å². The number of anilines is 2. The molecular formula is C15H20N4. The zero-order valence-electron chi connectivity index (χ0n) is 11.7. The van der Waals surface area contributed by atoms with Crippen LogP contribution in [-0.2, 0) is 6.42 Å². The monoisotopic (exact) mass is 256 g/mol. The lowest BCUT2D eigenvalue weighted by molar-refractivity contribution is 0.783. The molecule has 0 amide bonds. The molecule has 0 fully saturated rings. The van der Waals surface area contributed by atoms with Crippen LogP contribution in [-0.4, -0.2) is 30.1 Å². The summed E-state index contributed by atoms with van der Waals surface area (Å²) in [6.45, 7) is 2.16. The summed E-state index contributed by atoms with van der Waals surface area (Å²) in [5.41, 5.74) is 1.32. The molecule has 2 rings (SSSR count). The van der Waals surface area contributed by atoms with Crippen molar-refractivity contribution in [1.82, 2.24) is 9.97 Å². The van der Waals surface area contributed by atoms with Crippen molar-refractivity contribution in [1.29, 1.82) is 0 Å². The molecule has 1 aromatic heterocycles. The Morgan fingerprint density at radius 3 is 2.58 bits per heavy atom. The number of nitrogens with zero attached hydrogens (tertiary/aromatic N) is 3. The highest BCUT2D eigenvalue weighted by molar-refractivity contribution is 5.41. The third-order valence-electron chi connectivity index (χ3n) is 2.82. The zero-order chi connectivity index (χ0) is 13.7. The maximum absolute atomic E-state index is 4.46. The van der Waals surface area contributed by atoms with Crippen molar-refractivity contribution < 1.29 is 0 Å². The van der Waals surface area contributed by atoms with E-state index in [9.17, 15) is 0 Å². The van der Waals surface area contributed by atoms with Crippen LogP contribution in [0.25, 0.3) is 0 Å². The molecule has 1 heterocycles. The molecule has 1 atom stereocenters. The smallest absolute Gasteiger partial charge is 0.226 e. The summed E-state index contributed by atoms with van der Waals surface area (Å²) < 4.78 is 0. The number of hydrogen-bond donors (Lipinski definition) is 1. The van der Waals surface area contributed by atoms with E-state index < -0.39 is 0 Å². The van der Waals surface area contributed by atoms with Crippen LogP contribution in [0.3, 0.4) is 0 Å². The van der Waals surface area contributed by atoms with Crippen LogP contribution in [0.1, 0.15) is 12.5 Å². The molecule has 1 N–H and O–H groups in total. The van der Waals surface area contributed by atoms with E-state index in [0.717, 1.165) is 18.2 Å². The van der Waals surface area contributed by atoms with Gasteiger partial charge in [0.25, 0.3) is 0 Å². The SMILES string of the molecule is CC(Cc1ccccc1)Nc1ccnc(N(C)C)n1. The van der Waals surface area contributed by atoms with Crippen molar-refractivity contribution in [3.63, 3.8) is 0 Å². The van der Waals surface area contributed by atoms with Gasteiger partial charge in [-0.2, -0.15) is 4.98 Å². The number of aromatic nitrogens is 2. The third-order valence-corrected chi connectivity index (χ3v) is 2.82. The van der Waals surface area contributed by atoms with Crippen molar-refractivity contribution >= 4 is 11.8 Å². The summed E-state index contributed by atoms with van der Waals surface area (Å²) in [6.07, 6.45) is 2.75. The van der Waals surface area contributed by atoms with Crippen molar-refractivity contribution in [2.75, 3.05) is 24.3 Å². The van der Waals surface area contributed by atoms with Crippen LogP contribution in [0.5, 0.6) is 0 Å². The molecule has 4 heteroatoms. The zero-order valence-corrected chi connectivity index (χ0v) is 11.7. The Labute approximate surface area is 114 Å². The second-order valence-electron chi connectivity index (χ2n) is 4.87. The molecular weight excluding hydrogens is 236 g/mol. The maximum Gasteiger partial charge on any atom is 0.226 e. The topological polar surface area (TPSA) is 41.1 Å². The highest BCUT2D eigenvalue weighted by Crippen LogP contribution is 2.11. The Kier molecular flexibility index (Phi) is 4.34. The largest absolute Gasteiger partial charge is 0.367 e. The molecule has 0 saturated heterocycles. The van der Waals surface area contributed by atoms with Gasteiger partial charge in [-0.05, 0) is 25.0 Å². The van der Waals surface area contributed by atoms with Gasteiger partial charge in [0, 0.05) is 26.3 Å². The summed E-state index contributed by atoms with van der Waals surface area (Å²) >= 11 is 0. The molecule has 100 valence electrons. The second-order valence-corrected chi connectivity index (χ2v) is 4.87. The molecule has 0 aliphatic heterocycles. The first-order chi connectivity index (χ1) is 9.15. The van der Waals surface area contributed by atoms with Crippen LogP contribution in [0, 0.1) is 0 Å². The van der Waals surface area contributed by atoms with Crippen LogP contribution < -0.4 is 10.2 Å². The Balaban J connectivity index is 1.99. The quantitative estimate of drug-likeness (QED) is 0.892. The Bertz CT molecular complexity index is 511. The van der Waals surface area contributed by atoms with Gasteiger partial charge in [-0.25, -0.2) is 4.98 Å². The molecule has 0 saturated carbocycles. The van der Waals surface area contributed by atoms with Gasteiger partial charge in [0.05, 0.1) is 0 Å². The van der Waals surface area contributed by atoms with Crippen molar-refractivity contribution in [2.24, 2.45) is 0 Å². The first-order valence-electron chi connectivity index (χ1n) is 6.46. The van der Waals surface area contributed by atoms with Crippen LogP contribution in [0.2, 0.25) is 0 Å². The molecule has 0 aliphatic rings. The van der Waals surface area contributed by atoms with Crippen molar-refractivity contribution in [3.05, 3.63) is 48.2 Å². The normalized spacial score (nSPS) is 11.9. The molecule has 2 aromatic rings. The molecule has 0 bridgehead atoms. The lowest BCUT2D eigenvalue weighted by Gasteiger charge is -2.16. The molecule has 0 radical (unpaired) electrons. The van der Waals surface area contributed by atoms with Gasteiger partial charge in [0.15, 0.2) is 0 Å². The summed E-state index contributed by atoms with van der Waals surface area (Å²) in [5.74, 6) is 1.58. The van der Waals surface area contributed by atoms with E-state index in [1.165, 1.54) is 5.56 Å². The van der Waals surface area contributed by atoms with Gasteiger partial charge in [-0.15, -0.1) is 0 Å². The van der Waals surface area contributed by atoms with E-state index in [0.29, 0.717) is 6.04 Å². The second kappa shape index (κ2) is 6.18. The summed E-state index contributed by atoms with van der Waals surface area (Å²) in [5, 5.41) is 3.41. The lowest BCUT2D eigenvalue weighted by atomic mass is 10.1. The summed E-state index contributed by atoms with van der Waals surface area (Å²) in [4.78, 5) is 10.6. The minimum Gasteiger partial charge on any atom is -0.367 e. The molecule has 19 heavy (non-hydrogen) atoms. The van der Waals surface area contributed by atoms with Crippen LogP contribution >= 0.6 is 0 Å².